The van der Waals surface area contributed by atoms with Gasteiger partial charge < -0.3 is 9.76 Å². The van der Waals surface area contributed by atoms with Crippen LogP contribution in [0.2, 0.25) is 0 Å². The highest BCUT2D eigenvalue weighted by Gasteiger charge is 1.94. The molecule has 0 amide bonds. The molecule has 0 bridgehead atoms. The van der Waals surface area contributed by atoms with Crippen molar-refractivity contribution in [1.82, 2.24) is 0 Å². The maximum absolute atomic E-state index is 8.66. The van der Waals surface area contributed by atoms with Crippen LogP contribution in [0.25, 0.3) is 0 Å². The molecule has 0 fully saturated rings. The van der Waals surface area contributed by atoms with Gasteiger partial charge in [0, 0.05) is 7.11 Å². The molecule has 0 saturated carbocycles. The van der Waals surface area contributed by atoms with Crippen molar-refractivity contribution in [2.24, 2.45) is 0 Å². The molecular weight excluding hydrogens is 139 g/mol. The van der Waals surface area contributed by atoms with Gasteiger partial charge in [-0.2, -0.15) is 0 Å². The SMILES string of the molecule is COCc1cccc([B]O)c1. The highest BCUT2D eigenvalue weighted by Crippen LogP contribution is 1.97. The Morgan fingerprint density at radius 3 is 3.00 bits per heavy atom. The van der Waals surface area contributed by atoms with Crippen LogP contribution in [0.5, 0.6) is 0 Å². The van der Waals surface area contributed by atoms with Crippen molar-refractivity contribution < 1.29 is 9.76 Å². The monoisotopic (exact) mass is 149 g/mol. The van der Waals surface area contributed by atoms with E-state index in [1.165, 1.54) is 0 Å². The first kappa shape index (κ1) is 8.30. The molecule has 0 unspecified atom stereocenters. The average Bonchev–Trinajstić information content (AvgIpc) is 2.06. The minimum Gasteiger partial charge on any atom is -0.450 e. The van der Waals surface area contributed by atoms with Gasteiger partial charge in [0.05, 0.1) is 6.61 Å². The number of rotatable bonds is 3. The molecule has 3 heteroatoms. The van der Waals surface area contributed by atoms with Crippen LogP contribution in [0.15, 0.2) is 24.3 Å². The van der Waals surface area contributed by atoms with E-state index < -0.39 is 0 Å². The minimum atomic E-state index is 0.585. The van der Waals surface area contributed by atoms with Crippen LogP contribution in [-0.2, 0) is 11.3 Å². The Kier molecular flexibility index (Phi) is 3.14. The number of methoxy groups -OCH3 is 1. The molecule has 0 heterocycles. The lowest BCUT2D eigenvalue weighted by molar-refractivity contribution is 0.185. The van der Waals surface area contributed by atoms with Gasteiger partial charge in [0.2, 0.25) is 0 Å². The highest BCUT2D eigenvalue weighted by molar-refractivity contribution is 6.45. The molecule has 1 rings (SSSR count). The second kappa shape index (κ2) is 4.16. The first-order valence-corrected chi connectivity index (χ1v) is 3.42. The van der Waals surface area contributed by atoms with Crippen LogP contribution in [0.1, 0.15) is 5.56 Å². The third-order valence-electron chi connectivity index (χ3n) is 1.41. The molecule has 57 valence electrons. The van der Waals surface area contributed by atoms with Crippen LogP contribution >= 0.6 is 0 Å². The lowest BCUT2D eigenvalue weighted by Crippen LogP contribution is -2.13. The summed E-state index contributed by atoms with van der Waals surface area (Å²) in [5.41, 5.74) is 1.87. The molecule has 11 heavy (non-hydrogen) atoms. The van der Waals surface area contributed by atoms with Crippen LogP contribution in [0.4, 0.5) is 0 Å². The molecule has 2 nitrogen and oxygen atoms in total. The number of ether oxygens (including phenoxy) is 1. The Bertz CT molecular complexity index is 225. The fourth-order valence-electron chi connectivity index (χ4n) is 0.930. The van der Waals surface area contributed by atoms with E-state index in [9.17, 15) is 0 Å². The van der Waals surface area contributed by atoms with Crippen molar-refractivity contribution in [3.63, 3.8) is 0 Å². The van der Waals surface area contributed by atoms with Gasteiger partial charge in [-0.15, -0.1) is 0 Å². The lowest BCUT2D eigenvalue weighted by atomic mass is 9.88. The molecule has 1 radical (unpaired) electrons. The molecule has 0 spiro atoms. The molecule has 0 atom stereocenters. The Morgan fingerprint density at radius 1 is 1.55 bits per heavy atom. The zero-order chi connectivity index (χ0) is 8.10. The molecular formula is C8H10BO2. The predicted molar refractivity (Wildman–Crippen MR) is 44.8 cm³/mol. The summed E-state index contributed by atoms with van der Waals surface area (Å²) in [6.07, 6.45) is 0. The second-order valence-electron chi connectivity index (χ2n) is 2.31. The molecule has 0 aromatic heterocycles. The summed E-state index contributed by atoms with van der Waals surface area (Å²) < 4.78 is 4.93. The lowest BCUT2D eigenvalue weighted by Gasteiger charge is -2.00. The third-order valence-corrected chi connectivity index (χ3v) is 1.41. The fraction of sp³-hybridized carbons (Fsp3) is 0.250. The van der Waals surface area contributed by atoms with Crippen LogP contribution < -0.4 is 5.46 Å². The first-order chi connectivity index (χ1) is 5.36. The highest BCUT2D eigenvalue weighted by atomic mass is 16.5. The largest absolute Gasteiger partial charge is 0.450 e. The van der Waals surface area contributed by atoms with Crippen molar-refractivity contribution in [3.8, 4) is 0 Å². The van der Waals surface area contributed by atoms with Gasteiger partial charge in [-0.3, -0.25) is 0 Å². The van der Waals surface area contributed by atoms with Crippen molar-refractivity contribution >= 4 is 12.9 Å². The maximum Gasteiger partial charge on any atom is 0.326 e. The Labute approximate surface area is 67.1 Å². The summed E-state index contributed by atoms with van der Waals surface area (Å²) in [4.78, 5) is 0. The fourth-order valence-corrected chi connectivity index (χ4v) is 0.930. The molecule has 0 aliphatic carbocycles. The molecule has 1 N–H and O–H groups in total. The summed E-state index contributed by atoms with van der Waals surface area (Å²) in [6.45, 7) is 0.585. The normalized spacial score (nSPS) is 9.64. The van der Waals surface area contributed by atoms with E-state index in [0.29, 0.717) is 6.61 Å². The van der Waals surface area contributed by atoms with Gasteiger partial charge in [0.1, 0.15) is 0 Å². The maximum atomic E-state index is 8.66. The summed E-state index contributed by atoms with van der Waals surface area (Å²) in [7, 11) is 2.73. The Morgan fingerprint density at radius 2 is 2.36 bits per heavy atom. The molecule has 1 aromatic rings. The minimum absolute atomic E-state index is 0.585. The summed E-state index contributed by atoms with van der Waals surface area (Å²) in [5, 5.41) is 8.66. The molecule has 0 saturated heterocycles. The zero-order valence-electron chi connectivity index (χ0n) is 6.45. The van der Waals surface area contributed by atoms with E-state index in [1.807, 2.05) is 24.3 Å². The topological polar surface area (TPSA) is 29.5 Å². The van der Waals surface area contributed by atoms with E-state index >= 15 is 0 Å². The van der Waals surface area contributed by atoms with Crippen molar-refractivity contribution in [2.45, 2.75) is 6.61 Å². The van der Waals surface area contributed by atoms with E-state index in [0.717, 1.165) is 18.5 Å². The molecule has 0 aliphatic rings. The Hall–Kier alpha value is -0.795. The van der Waals surface area contributed by atoms with Crippen LogP contribution in [0.3, 0.4) is 0 Å². The van der Waals surface area contributed by atoms with Crippen LogP contribution in [-0.4, -0.2) is 19.6 Å². The Balaban J connectivity index is 2.74. The second-order valence-corrected chi connectivity index (χ2v) is 2.31. The summed E-state index contributed by atoms with van der Waals surface area (Å²) in [6, 6.07) is 7.55. The first-order valence-electron chi connectivity index (χ1n) is 3.42. The van der Waals surface area contributed by atoms with Gasteiger partial charge >= 0.3 is 7.48 Å². The quantitative estimate of drug-likeness (QED) is 0.616. The number of hydrogen-bond donors (Lipinski definition) is 1. The van der Waals surface area contributed by atoms with Crippen LogP contribution in [0, 0.1) is 0 Å². The van der Waals surface area contributed by atoms with Gasteiger partial charge in [-0.05, 0) is 5.56 Å². The van der Waals surface area contributed by atoms with E-state index in [2.05, 4.69) is 0 Å². The molecule has 0 aliphatic heterocycles. The standard InChI is InChI=1S/C8H10BO2/c1-11-6-7-3-2-4-8(5-7)9-10/h2-5,10H,6H2,1H3. The average molecular weight is 149 g/mol. The molecule has 1 aromatic carbocycles. The predicted octanol–water partition coefficient (Wildman–Crippen LogP) is 0.0698. The smallest absolute Gasteiger partial charge is 0.326 e. The van der Waals surface area contributed by atoms with E-state index in [-0.39, 0.29) is 0 Å². The third kappa shape index (κ3) is 2.37. The van der Waals surface area contributed by atoms with Gasteiger partial charge in [0.15, 0.2) is 0 Å². The summed E-state index contributed by atoms with van der Waals surface area (Å²) in [5.74, 6) is 0. The number of benzene rings is 1. The van der Waals surface area contributed by atoms with Gasteiger partial charge in [0.25, 0.3) is 0 Å². The van der Waals surface area contributed by atoms with Gasteiger partial charge in [-0.25, -0.2) is 0 Å². The van der Waals surface area contributed by atoms with E-state index in [4.69, 9.17) is 9.76 Å². The van der Waals surface area contributed by atoms with Gasteiger partial charge in [-0.1, -0.05) is 29.7 Å². The van der Waals surface area contributed by atoms with Crippen molar-refractivity contribution in [3.05, 3.63) is 29.8 Å². The van der Waals surface area contributed by atoms with E-state index in [1.54, 1.807) is 7.11 Å². The van der Waals surface area contributed by atoms with Crippen molar-refractivity contribution in [2.75, 3.05) is 7.11 Å². The zero-order valence-corrected chi connectivity index (χ0v) is 6.45. The summed E-state index contributed by atoms with van der Waals surface area (Å²) >= 11 is 0. The number of hydrogen-bond acceptors (Lipinski definition) is 2. The van der Waals surface area contributed by atoms with Crippen molar-refractivity contribution in [1.29, 1.82) is 0 Å².